The van der Waals surface area contributed by atoms with Gasteiger partial charge in [0.05, 0.1) is 23.7 Å². The summed E-state index contributed by atoms with van der Waals surface area (Å²) >= 11 is 0. The van der Waals surface area contributed by atoms with E-state index in [1.54, 1.807) is 0 Å². The smallest absolute Gasteiger partial charge is 0.417 e. The van der Waals surface area contributed by atoms with Crippen LogP contribution < -0.4 is 0 Å². The number of hydrogen-bond acceptors (Lipinski definition) is 3. The molecule has 1 atom stereocenters. The van der Waals surface area contributed by atoms with Crippen molar-refractivity contribution in [3.63, 3.8) is 0 Å². The van der Waals surface area contributed by atoms with Gasteiger partial charge in [-0.05, 0) is 12.1 Å². The van der Waals surface area contributed by atoms with Crippen LogP contribution in [0, 0.1) is 0 Å². The van der Waals surface area contributed by atoms with Gasteiger partial charge < -0.3 is 9.84 Å². The fraction of sp³-hybridized carbons (Fsp3) is 0.417. The van der Waals surface area contributed by atoms with E-state index >= 15 is 0 Å². The topological polar surface area (TPSA) is 66.8 Å². The van der Waals surface area contributed by atoms with Gasteiger partial charge in [0.2, 0.25) is 0 Å². The van der Waals surface area contributed by atoms with Gasteiger partial charge in [-0.25, -0.2) is 8.51 Å². The van der Waals surface area contributed by atoms with Gasteiger partial charge in [0, 0.05) is 13.1 Å². The second kappa shape index (κ2) is 8.11. The maximum Gasteiger partial charge on any atom is 0.417 e. The van der Waals surface area contributed by atoms with Gasteiger partial charge >= 0.3 is 6.18 Å². The van der Waals surface area contributed by atoms with Crippen molar-refractivity contribution in [1.29, 1.82) is 0 Å². The maximum atomic E-state index is 12.8. The molecule has 118 valence electrons. The fourth-order valence-corrected chi connectivity index (χ4v) is 3.03. The Kier molecular flexibility index (Phi) is 6.79. The van der Waals surface area contributed by atoms with Crippen LogP contribution in [0.5, 0.6) is 0 Å². The molecule has 1 unspecified atom stereocenters. The van der Waals surface area contributed by atoms with E-state index in [1.807, 2.05) is 0 Å². The summed E-state index contributed by atoms with van der Waals surface area (Å²) in [7, 11) is -1.79. The molecule has 1 N–H and O–H groups in total. The Labute approximate surface area is 121 Å². The average molecular weight is 325 g/mol. The number of halogens is 3. The van der Waals surface area contributed by atoms with Crippen molar-refractivity contribution in [3.05, 3.63) is 29.8 Å². The number of ether oxygens (including phenoxy) is 1. The number of benzene rings is 1. The molecule has 1 aliphatic heterocycles. The predicted octanol–water partition coefficient (Wildman–Crippen LogP) is 1.76. The van der Waals surface area contributed by atoms with Crippen LogP contribution in [0.3, 0.4) is 0 Å². The number of carbonyl (C=O) groups is 1. The minimum absolute atomic E-state index is 0.188. The summed E-state index contributed by atoms with van der Waals surface area (Å²) in [5.74, 6) is 0. The number of alkyl halides is 3. The normalized spacial score (nSPS) is 17.5. The maximum absolute atomic E-state index is 12.8. The molecule has 0 aromatic heterocycles. The lowest BCUT2D eigenvalue weighted by atomic mass is 10.2. The monoisotopic (exact) mass is 325 g/mol. The van der Waals surface area contributed by atoms with Crippen molar-refractivity contribution in [2.24, 2.45) is 0 Å². The summed E-state index contributed by atoms with van der Waals surface area (Å²) in [5.41, 5.74) is -0.838. The molecule has 1 aliphatic rings. The van der Waals surface area contributed by atoms with Crippen LogP contribution in [0.4, 0.5) is 13.2 Å². The van der Waals surface area contributed by atoms with E-state index < -0.39 is 22.7 Å². The minimum Gasteiger partial charge on any atom is -0.483 e. The van der Waals surface area contributed by atoms with Crippen molar-refractivity contribution >= 4 is 17.5 Å². The first-order valence-corrected chi connectivity index (χ1v) is 7.01. The highest BCUT2D eigenvalue weighted by atomic mass is 32.2. The first kappa shape index (κ1) is 17.6. The first-order valence-electron chi connectivity index (χ1n) is 5.90. The molecule has 0 radical (unpaired) electrons. The molecule has 0 saturated carbocycles. The Morgan fingerprint density at radius 2 is 1.76 bits per heavy atom. The van der Waals surface area contributed by atoms with Gasteiger partial charge in [0.1, 0.15) is 11.0 Å². The molecular formula is C12H14F3NO4S. The summed E-state index contributed by atoms with van der Waals surface area (Å²) in [6.07, 6.45) is -4.49. The lowest BCUT2D eigenvalue weighted by molar-refractivity contribution is -0.139. The summed E-state index contributed by atoms with van der Waals surface area (Å²) in [6.45, 7) is 1.28. The first-order chi connectivity index (χ1) is 9.91. The zero-order valence-electron chi connectivity index (χ0n) is 10.9. The molecular weight excluding hydrogens is 311 g/mol. The van der Waals surface area contributed by atoms with Gasteiger partial charge in [-0.1, -0.05) is 12.1 Å². The average Bonchev–Trinajstić information content (AvgIpc) is 2.47. The minimum atomic E-state index is -4.49. The molecule has 2 rings (SSSR count). The molecule has 9 heteroatoms. The number of hydrogen-bond donors (Lipinski definition) is 1. The number of rotatable bonds is 2. The van der Waals surface area contributed by atoms with E-state index in [0.717, 1.165) is 6.07 Å². The van der Waals surface area contributed by atoms with Gasteiger partial charge in [-0.15, -0.1) is 0 Å². The van der Waals surface area contributed by atoms with Gasteiger partial charge in [0.25, 0.3) is 6.47 Å². The van der Waals surface area contributed by atoms with Crippen LogP contribution in [0.15, 0.2) is 29.2 Å². The van der Waals surface area contributed by atoms with E-state index in [0.29, 0.717) is 26.3 Å². The zero-order valence-corrected chi connectivity index (χ0v) is 11.7. The van der Waals surface area contributed by atoms with E-state index in [-0.39, 0.29) is 11.4 Å². The Morgan fingerprint density at radius 3 is 2.29 bits per heavy atom. The van der Waals surface area contributed by atoms with Gasteiger partial charge in [-0.3, -0.25) is 4.79 Å². The number of morpholine rings is 1. The molecule has 5 nitrogen and oxygen atoms in total. The summed E-state index contributed by atoms with van der Waals surface area (Å²) < 4.78 is 57.1. The number of nitrogens with zero attached hydrogens (tertiary/aromatic N) is 1. The molecule has 0 bridgehead atoms. The van der Waals surface area contributed by atoms with Crippen molar-refractivity contribution in [1.82, 2.24) is 4.31 Å². The van der Waals surface area contributed by atoms with Crippen molar-refractivity contribution in [3.8, 4) is 0 Å². The second-order valence-electron chi connectivity index (χ2n) is 3.89. The van der Waals surface area contributed by atoms with Crippen molar-refractivity contribution in [2.75, 3.05) is 26.3 Å². The lowest BCUT2D eigenvalue weighted by Crippen LogP contribution is -2.38. The Balaban J connectivity index is 0.000000677. The summed E-state index contributed by atoms with van der Waals surface area (Å²) in [4.78, 5) is 8.17. The zero-order chi connectivity index (χ0) is 15.9. The van der Waals surface area contributed by atoms with Gasteiger partial charge in [0.15, 0.2) is 0 Å². The Bertz CT molecular complexity index is 490. The van der Waals surface area contributed by atoms with Crippen LogP contribution >= 0.6 is 0 Å². The van der Waals surface area contributed by atoms with Crippen molar-refractivity contribution in [2.45, 2.75) is 11.1 Å². The van der Waals surface area contributed by atoms with Crippen LogP contribution in [-0.4, -0.2) is 46.4 Å². The summed E-state index contributed by atoms with van der Waals surface area (Å²) in [6, 6.07) is 4.97. The highest BCUT2D eigenvalue weighted by Crippen LogP contribution is 2.33. The Morgan fingerprint density at radius 1 is 1.24 bits per heavy atom. The highest BCUT2D eigenvalue weighted by Gasteiger charge is 2.35. The standard InChI is InChI=1S/C11H12F3NO2S.CH2O2/c12-11(13,14)9-3-1-2-4-10(9)18(16)15-5-7-17-8-6-15;2-1-3/h1-4H,5-8H2;1H,(H,2,3). The van der Waals surface area contributed by atoms with E-state index in [2.05, 4.69) is 0 Å². The van der Waals surface area contributed by atoms with Crippen LogP contribution in [0.2, 0.25) is 0 Å². The van der Waals surface area contributed by atoms with Crippen molar-refractivity contribution < 1.29 is 32.0 Å². The quantitative estimate of drug-likeness (QED) is 0.842. The lowest BCUT2D eigenvalue weighted by Gasteiger charge is -2.26. The summed E-state index contributed by atoms with van der Waals surface area (Å²) in [5, 5.41) is 6.89. The third-order valence-corrected chi connectivity index (χ3v) is 4.15. The molecule has 1 aromatic carbocycles. The largest absolute Gasteiger partial charge is 0.483 e. The third kappa shape index (κ3) is 5.10. The molecule has 0 amide bonds. The molecule has 21 heavy (non-hydrogen) atoms. The van der Waals surface area contributed by atoms with Gasteiger partial charge in [-0.2, -0.15) is 13.2 Å². The molecule has 1 saturated heterocycles. The van der Waals surface area contributed by atoms with E-state index in [1.165, 1.54) is 22.5 Å². The SMILES string of the molecule is O=CO.O=S(c1ccccc1C(F)(F)F)N1CCOCC1. The molecule has 0 spiro atoms. The Hall–Kier alpha value is -1.45. The second-order valence-corrected chi connectivity index (χ2v) is 5.34. The fourth-order valence-electron chi connectivity index (χ4n) is 1.70. The van der Waals surface area contributed by atoms with Crippen LogP contribution in [-0.2, 0) is 26.7 Å². The third-order valence-electron chi connectivity index (χ3n) is 2.59. The molecule has 0 aliphatic carbocycles. The van der Waals surface area contributed by atoms with Crippen LogP contribution in [0.25, 0.3) is 0 Å². The number of carboxylic acid groups (broad SMARTS) is 1. The molecule has 1 heterocycles. The van der Waals surface area contributed by atoms with E-state index in [9.17, 15) is 17.4 Å². The predicted molar refractivity (Wildman–Crippen MR) is 68.9 cm³/mol. The molecule has 1 fully saturated rings. The molecule has 1 aromatic rings. The van der Waals surface area contributed by atoms with E-state index in [4.69, 9.17) is 14.6 Å². The highest BCUT2D eigenvalue weighted by molar-refractivity contribution is 7.82. The van der Waals surface area contributed by atoms with Crippen LogP contribution in [0.1, 0.15) is 5.56 Å².